The van der Waals surface area contributed by atoms with Crippen molar-refractivity contribution in [2.24, 2.45) is 0 Å². The number of nitrogens with zero attached hydrogens (tertiary/aromatic N) is 1. The highest BCUT2D eigenvalue weighted by molar-refractivity contribution is 5.93. The number of benzene rings is 1. The van der Waals surface area contributed by atoms with Crippen LogP contribution in [0.25, 0.3) is 0 Å². The van der Waals surface area contributed by atoms with Crippen molar-refractivity contribution in [3.05, 3.63) is 35.4 Å². The van der Waals surface area contributed by atoms with Gasteiger partial charge in [-0.15, -0.1) is 0 Å². The molecule has 1 aromatic rings. The topological polar surface area (TPSA) is 77.8 Å². The van der Waals surface area contributed by atoms with Crippen molar-refractivity contribution in [2.45, 2.75) is 45.4 Å². The van der Waals surface area contributed by atoms with Gasteiger partial charge in [-0.2, -0.15) is 0 Å². The Morgan fingerprint density at radius 2 is 1.57 bits per heavy atom. The molecule has 0 atom stereocenters. The van der Waals surface area contributed by atoms with Crippen molar-refractivity contribution < 1.29 is 19.8 Å². The summed E-state index contributed by atoms with van der Waals surface area (Å²) in [6, 6.07) is 5.20. The van der Waals surface area contributed by atoms with Gasteiger partial charge in [0.25, 0.3) is 0 Å². The average molecular weight is 321 g/mol. The second kappa shape index (κ2) is 10.8. The number of rotatable bonds is 7. The molecule has 1 aliphatic heterocycles. The summed E-state index contributed by atoms with van der Waals surface area (Å²) in [6.07, 6.45) is 8.52. The predicted molar refractivity (Wildman–Crippen MR) is 90.2 cm³/mol. The van der Waals surface area contributed by atoms with Gasteiger partial charge in [-0.05, 0) is 57.1 Å². The van der Waals surface area contributed by atoms with Crippen molar-refractivity contribution in [3.63, 3.8) is 0 Å². The zero-order chi connectivity index (χ0) is 17.1. The molecule has 1 aliphatic rings. The Balaban J connectivity index is 0.000000231. The summed E-state index contributed by atoms with van der Waals surface area (Å²) in [7, 11) is 0. The fourth-order valence-corrected chi connectivity index (χ4v) is 2.55. The molecule has 128 valence electrons. The third-order valence-corrected chi connectivity index (χ3v) is 3.88. The van der Waals surface area contributed by atoms with E-state index < -0.39 is 11.9 Å². The molecule has 1 saturated heterocycles. The molecule has 23 heavy (non-hydrogen) atoms. The molecule has 0 spiro atoms. The van der Waals surface area contributed by atoms with E-state index in [2.05, 4.69) is 11.8 Å². The molecule has 2 N–H and O–H groups in total. The summed E-state index contributed by atoms with van der Waals surface area (Å²) in [5.41, 5.74) is -0.0372. The summed E-state index contributed by atoms with van der Waals surface area (Å²) in [5.74, 6) is -2.25. The lowest BCUT2D eigenvalue weighted by Crippen LogP contribution is -2.20. The minimum Gasteiger partial charge on any atom is -0.478 e. The van der Waals surface area contributed by atoms with Gasteiger partial charge in [0, 0.05) is 0 Å². The number of likely N-dealkylation sites (tertiary alicyclic amines) is 1. The van der Waals surface area contributed by atoms with E-state index in [1.807, 2.05) is 0 Å². The van der Waals surface area contributed by atoms with E-state index >= 15 is 0 Å². The zero-order valence-electron chi connectivity index (χ0n) is 13.8. The maximum atomic E-state index is 10.4. The molecule has 1 aromatic carbocycles. The van der Waals surface area contributed by atoms with Crippen molar-refractivity contribution in [1.29, 1.82) is 0 Å². The summed E-state index contributed by atoms with van der Waals surface area (Å²) in [6.45, 7) is 6.37. The SMILES string of the molecule is CCCCCCN1CCCC1.O=C(O)c1cccc(C(=O)O)c1. The highest BCUT2D eigenvalue weighted by Crippen LogP contribution is 2.09. The van der Waals surface area contributed by atoms with Gasteiger partial charge >= 0.3 is 11.9 Å². The first-order valence-corrected chi connectivity index (χ1v) is 8.33. The van der Waals surface area contributed by atoms with Crippen LogP contribution in [0.4, 0.5) is 0 Å². The summed E-state index contributed by atoms with van der Waals surface area (Å²) >= 11 is 0. The van der Waals surface area contributed by atoms with Gasteiger partial charge in [-0.1, -0.05) is 32.3 Å². The molecule has 0 aliphatic carbocycles. The van der Waals surface area contributed by atoms with Crippen LogP contribution >= 0.6 is 0 Å². The Hall–Kier alpha value is -1.88. The number of carbonyl (C=O) groups is 2. The number of hydrogen-bond donors (Lipinski definition) is 2. The minimum atomic E-state index is -1.13. The molecule has 0 bridgehead atoms. The monoisotopic (exact) mass is 321 g/mol. The number of carboxylic acid groups (broad SMARTS) is 2. The highest BCUT2D eigenvalue weighted by Gasteiger charge is 2.09. The fourth-order valence-electron chi connectivity index (χ4n) is 2.55. The van der Waals surface area contributed by atoms with Crippen LogP contribution in [-0.4, -0.2) is 46.7 Å². The summed E-state index contributed by atoms with van der Waals surface area (Å²) < 4.78 is 0. The molecule has 1 heterocycles. The van der Waals surface area contributed by atoms with Crippen molar-refractivity contribution in [3.8, 4) is 0 Å². The Morgan fingerprint density at radius 3 is 2.04 bits per heavy atom. The third kappa shape index (κ3) is 7.79. The van der Waals surface area contributed by atoms with E-state index in [4.69, 9.17) is 10.2 Å². The first-order chi connectivity index (χ1) is 11.0. The largest absolute Gasteiger partial charge is 0.478 e. The molecule has 1 fully saturated rings. The van der Waals surface area contributed by atoms with Gasteiger partial charge in [-0.25, -0.2) is 9.59 Å². The Kier molecular flexibility index (Phi) is 8.98. The molecule has 0 amide bonds. The van der Waals surface area contributed by atoms with E-state index in [0.29, 0.717) is 0 Å². The van der Waals surface area contributed by atoms with Crippen molar-refractivity contribution >= 4 is 11.9 Å². The van der Waals surface area contributed by atoms with E-state index in [-0.39, 0.29) is 11.1 Å². The lowest BCUT2D eigenvalue weighted by molar-refractivity contribution is 0.0696. The van der Waals surface area contributed by atoms with Crippen molar-refractivity contribution in [1.82, 2.24) is 4.90 Å². The van der Waals surface area contributed by atoms with Gasteiger partial charge in [0.1, 0.15) is 0 Å². The standard InChI is InChI=1S/C10H21N.C8H6O4/c1-2-3-4-5-8-11-9-6-7-10-11;9-7(10)5-2-1-3-6(4-5)8(11)12/h2-10H2,1H3;1-4H,(H,9,10)(H,11,12). The lowest BCUT2D eigenvalue weighted by atomic mass is 10.1. The molecular weight excluding hydrogens is 294 g/mol. The van der Waals surface area contributed by atoms with Crippen LogP contribution in [0.2, 0.25) is 0 Å². The van der Waals surface area contributed by atoms with Crippen LogP contribution < -0.4 is 0 Å². The summed E-state index contributed by atoms with van der Waals surface area (Å²) in [5, 5.41) is 17.0. The van der Waals surface area contributed by atoms with Gasteiger partial charge in [-0.3, -0.25) is 0 Å². The van der Waals surface area contributed by atoms with Crippen LogP contribution in [0.3, 0.4) is 0 Å². The van der Waals surface area contributed by atoms with Gasteiger partial charge in [0.05, 0.1) is 11.1 Å². The lowest BCUT2D eigenvalue weighted by Gasteiger charge is -2.13. The molecule has 0 radical (unpaired) electrons. The first-order valence-electron chi connectivity index (χ1n) is 8.33. The maximum absolute atomic E-state index is 10.4. The van der Waals surface area contributed by atoms with Crippen LogP contribution in [0.5, 0.6) is 0 Å². The van der Waals surface area contributed by atoms with Gasteiger partial charge in [0.15, 0.2) is 0 Å². The normalized spacial score (nSPS) is 14.1. The molecular formula is C18H27NO4. The maximum Gasteiger partial charge on any atom is 0.335 e. The molecule has 0 saturated carbocycles. The van der Waals surface area contributed by atoms with E-state index in [0.717, 1.165) is 6.07 Å². The third-order valence-electron chi connectivity index (χ3n) is 3.88. The zero-order valence-corrected chi connectivity index (χ0v) is 13.8. The second-order valence-corrected chi connectivity index (χ2v) is 5.80. The molecule has 5 heteroatoms. The van der Waals surface area contributed by atoms with E-state index in [1.54, 1.807) is 0 Å². The fraction of sp³-hybridized carbons (Fsp3) is 0.556. The molecule has 5 nitrogen and oxygen atoms in total. The minimum absolute atomic E-state index is 0.0186. The highest BCUT2D eigenvalue weighted by atomic mass is 16.4. The number of carboxylic acids is 2. The van der Waals surface area contributed by atoms with E-state index in [9.17, 15) is 9.59 Å². The van der Waals surface area contributed by atoms with Crippen molar-refractivity contribution in [2.75, 3.05) is 19.6 Å². The van der Waals surface area contributed by atoms with Crippen LogP contribution in [0.1, 0.15) is 66.2 Å². The predicted octanol–water partition coefficient (Wildman–Crippen LogP) is 3.75. The Labute approximate surface area is 137 Å². The Bertz CT molecular complexity index is 466. The van der Waals surface area contributed by atoms with Gasteiger partial charge < -0.3 is 15.1 Å². The van der Waals surface area contributed by atoms with Crippen LogP contribution in [-0.2, 0) is 0 Å². The smallest absolute Gasteiger partial charge is 0.335 e. The second-order valence-electron chi connectivity index (χ2n) is 5.80. The molecule has 0 unspecified atom stereocenters. The quantitative estimate of drug-likeness (QED) is 0.748. The molecule has 2 rings (SSSR count). The number of hydrogen-bond acceptors (Lipinski definition) is 3. The summed E-state index contributed by atoms with van der Waals surface area (Å²) in [4.78, 5) is 23.4. The number of aromatic carboxylic acids is 2. The average Bonchev–Trinajstić information content (AvgIpc) is 3.06. The first kappa shape index (κ1) is 19.2. The number of unbranched alkanes of at least 4 members (excludes halogenated alkanes) is 3. The van der Waals surface area contributed by atoms with Crippen LogP contribution in [0, 0.1) is 0 Å². The van der Waals surface area contributed by atoms with E-state index in [1.165, 1.54) is 76.4 Å². The molecule has 0 aromatic heterocycles. The van der Waals surface area contributed by atoms with Crippen LogP contribution in [0.15, 0.2) is 24.3 Å². The van der Waals surface area contributed by atoms with Gasteiger partial charge in [0.2, 0.25) is 0 Å². The Morgan fingerprint density at radius 1 is 1.00 bits per heavy atom.